The average Bonchev–Trinajstić information content (AvgIpc) is 3.76. The zero-order chi connectivity index (χ0) is 43.7. The van der Waals surface area contributed by atoms with E-state index in [1.165, 1.54) is 5.57 Å². The highest BCUT2D eigenvalue weighted by Gasteiger charge is 2.71. The van der Waals surface area contributed by atoms with Crippen molar-refractivity contribution >= 4 is 35.2 Å². The minimum absolute atomic E-state index is 0.0133. The van der Waals surface area contributed by atoms with Gasteiger partial charge in [0.05, 0.1) is 17.4 Å². The molecule has 326 valence electrons. The van der Waals surface area contributed by atoms with Crippen molar-refractivity contribution in [2.45, 2.75) is 157 Å². The molecule has 6 aliphatic carbocycles. The Hall–Kier alpha value is -3.53. The Bertz CT molecular complexity index is 2150. The molecular weight excluding hydrogens is 778 g/mol. The summed E-state index contributed by atoms with van der Waals surface area (Å²) in [6.45, 7) is 23.7. The van der Waals surface area contributed by atoms with E-state index in [0.29, 0.717) is 35.5 Å². The fraction of sp³-hybridized carbons (Fsp3) is 0.714. The summed E-state index contributed by atoms with van der Waals surface area (Å²) in [7, 11) is 0. The molecule has 1 heterocycles. The highest BCUT2D eigenvalue weighted by Crippen LogP contribution is 2.76. The molecule has 2 N–H and O–H groups in total. The van der Waals surface area contributed by atoms with Crippen LogP contribution in [0.3, 0.4) is 0 Å². The number of amides is 1. The second kappa shape index (κ2) is 14.0. The van der Waals surface area contributed by atoms with Crippen LogP contribution in [0.15, 0.2) is 39.9 Å². The van der Waals surface area contributed by atoms with Gasteiger partial charge in [-0.05, 0) is 152 Å². The number of allylic oxidation sites excluding steroid dienone is 1. The second-order valence-electron chi connectivity index (χ2n) is 22.6. The van der Waals surface area contributed by atoms with Crippen molar-refractivity contribution in [2.75, 3.05) is 0 Å². The second-order valence-corrected chi connectivity index (χ2v) is 23.0. The Morgan fingerprint density at radius 2 is 1.57 bits per heavy atom. The Morgan fingerprint density at radius 1 is 0.883 bits per heavy atom. The first kappa shape index (κ1) is 43.1. The number of carbonyl (C=O) groups is 4. The number of aromatic nitrogens is 2. The number of ether oxygens (including phenoxy) is 1. The summed E-state index contributed by atoms with van der Waals surface area (Å²) in [6.07, 6.45) is 7.78. The lowest BCUT2D eigenvalue weighted by Gasteiger charge is -2.72. The number of Topliss-reactive ketones (excluding diaryl/α,β-unsaturated/α-hetero) is 1. The lowest BCUT2D eigenvalue weighted by Crippen LogP contribution is -2.67. The number of ketones is 1. The fourth-order valence-electron chi connectivity index (χ4n) is 14.6. The van der Waals surface area contributed by atoms with Gasteiger partial charge in [0.25, 0.3) is 0 Å². The number of nitrogens with zero attached hydrogens (tertiary/aromatic N) is 2. The number of nitrogens with one attached hydrogen (secondary N) is 1. The van der Waals surface area contributed by atoms with Crippen molar-refractivity contribution in [3.05, 3.63) is 46.3 Å². The van der Waals surface area contributed by atoms with Crippen LogP contribution in [0.1, 0.15) is 146 Å². The topological polar surface area (TPSA) is 149 Å². The van der Waals surface area contributed by atoms with Gasteiger partial charge >= 0.3 is 11.9 Å². The van der Waals surface area contributed by atoms with Crippen LogP contribution in [-0.4, -0.2) is 50.5 Å². The zero-order valence-corrected chi connectivity index (χ0v) is 38.3. The lowest BCUT2D eigenvalue weighted by molar-refractivity contribution is -0.235. The first-order chi connectivity index (χ1) is 27.8. The monoisotopic (exact) mass is 843 g/mol. The van der Waals surface area contributed by atoms with Gasteiger partial charge in [0.2, 0.25) is 17.6 Å². The van der Waals surface area contributed by atoms with Crippen molar-refractivity contribution in [3.63, 3.8) is 0 Å². The van der Waals surface area contributed by atoms with Crippen LogP contribution in [0, 0.1) is 62.6 Å². The SMILES string of the molecule is CC(C)C1=C2[C@H]3CC[C@@H]4[C@@]5(C)CC[C@H](OC(=O)[C@H]6C[C@@H](C(=O)O)C6(C)C)C(C)(C)[C@@H]5CC[C@@]4(C)[C@]3(C)CC[C@@]2(NC(=O)C(C)(C)c2nc(-c3ccc(Cl)cc3)no2)CC1=O. The van der Waals surface area contributed by atoms with E-state index in [1.54, 1.807) is 26.0 Å². The Morgan fingerprint density at radius 3 is 2.20 bits per heavy atom. The maximum Gasteiger partial charge on any atom is 0.309 e. The smallest absolute Gasteiger partial charge is 0.309 e. The van der Waals surface area contributed by atoms with E-state index in [2.05, 4.69) is 63.9 Å². The quantitative estimate of drug-likeness (QED) is 0.248. The third-order valence-corrected chi connectivity index (χ3v) is 18.7. The third kappa shape index (κ3) is 6.05. The molecule has 8 rings (SSSR count). The number of halogens is 1. The first-order valence-corrected chi connectivity index (χ1v) is 22.9. The number of fused-ring (bicyclic) bond motifs is 7. The number of carbonyl (C=O) groups excluding carboxylic acids is 3. The molecule has 0 saturated heterocycles. The van der Waals surface area contributed by atoms with Crippen molar-refractivity contribution in [1.82, 2.24) is 15.5 Å². The van der Waals surface area contributed by atoms with Crippen LogP contribution < -0.4 is 5.32 Å². The molecule has 11 heteroatoms. The van der Waals surface area contributed by atoms with Gasteiger partial charge in [0.15, 0.2) is 5.78 Å². The Balaban J connectivity index is 1.05. The number of carboxylic acids is 1. The van der Waals surface area contributed by atoms with Gasteiger partial charge in [0, 0.05) is 22.4 Å². The van der Waals surface area contributed by atoms with Crippen LogP contribution in [0.4, 0.5) is 0 Å². The van der Waals surface area contributed by atoms with Crippen LogP contribution >= 0.6 is 11.6 Å². The van der Waals surface area contributed by atoms with Crippen LogP contribution in [0.5, 0.6) is 0 Å². The van der Waals surface area contributed by atoms with Gasteiger partial charge in [-0.25, -0.2) is 0 Å². The molecule has 0 radical (unpaired) electrons. The highest BCUT2D eigenvalue weighted by molar-refractivity contribution is 6.30. The lowest BCUT2D eigenvalue weighted by atomic mass is 9.33. The van der Waals surface area contributed by atoms with E-state index in [-0.39, 0.29) is 69.6 Å². The largest absolute Gasteiger partial charge is 0.481 e. The maximum atomic E-state index is 14.6. The number of aliphatic carboxylic acids is 1. The van der Waals surface area contributed by atoms with Crippen molar-refractivity contribution in [2.24, 2.45) is 62.6 Å². The number of esters is 1. The number of benzene rings is 1. The minimum atomic E-state index is -1.16. The van der Waals surface area contributed by atoms with Gasteiger partial charge in [-0.3, -0.25) is 19.2 Å². The number of hydrogen-bond donors (Lipinski definition) is 2. The number of carboxylic acid groups (broad SMARTS) is 1. The van der Waals surface area contributed by atoms with Crippen molar-refractivity contribution < 1.29 is 33.5 Å². The molecule has 0 unspecified atom stereocenters. The average molecular weight is 845 g/mol. The summed E-state index contributed by atoms with van der Waals surface area (Å²) in [4.78, 5) is 59.0. The molecule has 10 nitrogen and oxygen atoms in total. The fourth-order valence-corrected chi connectivity index (χ4v) is 14.7. The third-order valence-electron chi connectivity index (χ3n) is 18.5. The molecule has 0 bridgehead atoms. The standard InChI is InChI=1S/C49H66ClN3O7/c1-26(2)36-32(54)25-49(52-41(58)45(7,8)42-51-38(53-60-42)27-12-14-28(50)15-13-27)23-22-47(10)29(37(36)49)16-17-34-46(9)20-19-35(44(5,6)33(46)18-21-48(34,47)11)59-40(57)31-24-30(39(55)56)43(31,3)4/h12-15,26,29-31,33-35H,16-25H2,1-11H3,(H,52,58)(H,55,56)/t29-,30+,31-,33+,34-,35+,46+,47-,48-,49-/m1/s1. The van der Waals surface area contributed by atoms with E-state index >= 15 is 0 Å². The van der Waals surface area contributed by atoms with Gasteiger partial charge in [-0.1, -0.05) is 79.1 Å². The molecule has 1 aromatic carbocycles. The summed E-state index contributed by atoms with van der Waals surface area (Å²) in [6, 6.07) is 7.17. The predicted octanol–water partition coefficient (Wildman–Crippen LogP) is 10.2. The number of hydrogen-bond acceptors (Lipinski definition) is 8. The van der Waals surface area contributed by atoms with Gasteiger partial charge in [-0.15, -0.1) is 0 Å². The van der Waals surface area contributed by atoms with Crippen LogP contribution in [0.2, 0.25) is 5.02 Å². The van der Waals surface area contributed by atoms with E-state index in [1.807, 2.05) is 26.0 Å². The molecule has 2 aromatic rings. The first-order valence-electron chi connectivity index (χ1n) is 22.5. The summed E-state index contributed by atoms with van der Waals surface area (Å²) >= 11 is 6.11. The zero-order valence-electron chi connectivity index (χ0n) is 37.6. The van der Waals surface area contributed by atoms with Crippen LogP contribution in [0.25, 0.3) is 11.4 Å². The van der Waals surface area contributed by atoms with Gasteiger partial charge < -0.3 is 19.7 Å². The molecular formula is C49H66ClN3O7. The number of rotatable bonds is 8. The summed E-state index contributed by atoms with van der Waals surface area (Å²) in [5.41, 5.74) is -0.0884. The summed E-state index contributed by atoms with van der Waals surface area (Å²) in [5.74, 6) is -0.546. The van der Waals surface area contributed by atoms with E-state index in [0.717, 1.165) is 56.1 Å². The van der Waals surface area contributed by atoms with Gasteiger partial charge in [-0.2, -0.15) is 4.98 Å². The van der Waals surface area contributed by atoms with Crippen molar-refractivity contribution in [1.29, 1.82) is 0 Å². The molecule has 5 saturated carbocycles. The van der Waals surface area contributed by atoms with E-state index < -0.39 is 34.2 Å². The highest BCUT2D eigenvalue weighted by atomic mass is 35.5. The maximum absolute atomic E-state index is 14.6. The van der Waals surface area contributed by atoms with E-state index in [4.69, 9.17) is 20.9 Å². The Labute approximate surface area is 360 Å². The van der Waals surface area contributed by atoms with E-state index in [9.17, 15) is 24.3 Å². The van der Waals surface area contributed by atoms with Crippen LogP contribution in [-0.2, 0) is 29.3 Å². The predicted molar refractivity (Wildman–Crippen MR) is 229 cm³/mol. The molecule has 1 amide bonds. The molecule has 10 atom stereocenters. The summed E-state index contributed by atoms with van der Waals surface area (Å²) < 4.78 is 12.2. The Kier molecular flexibility index (Phi) is 10.1. The molecule has 1 aromatic heterocycles. The normalized spacial score (nSPS) is 37.9. The minimum Gasteiger partial charge on any atom is -0.481 e. The van der Waals surface area contributed by atoms with Crippen molar-refractivity contribution in [3.8, 4) is 11.4 Å². The van der Waals surface area contributed by atoms with Gasteiger partial charge in [0.1, 0.15) is 11.5 Å². The molecule has 6 aliphatic rings. The summed E-state index contributed by atoms with van der Waals surface area (Å²) in [5, 5.41) is 18.0. The molecule has 0 spiro atoms. The molecule has 60 heavy (non-hydrogen) atoms. The molecule has 5 fully saturated rings. The molecule has 0 aliphatic heterocycles.